The van der Waals surface area contributed by atoms with Crippen molar-refractivity contribution in [1.29, 1.82) is 0 Å². The molecule has 2 N–H and O–H groups in total. The Morgan fingerprint density at radius 1 is 1.44 bits per heavy atom. The van der Waals surface area contributed by atoms with Crippen molar-refractivity contribution in [1.82, 2.24) is 0 Å². The van der Waals surface area contributed by atoms with Crippen molar-refractivity contribution < 1.29 is 18.7 Å². The third-order valence-corrected chi connectivity index (χ3v) is 1.86. The van der Waals surface area contributed by atoms with E-state index in [1.54, 1.807) is 6.92 Å². The number of rotatable bonds is 5. The van der Waals surface area contributed by atoms with Crippen LogP contribution in [0.5, 0.6) is 5.75 Å². The summed E-state index contributed by atoms with van der Waals surface area (Å²) < 4.78 is 22.7. The highest BCUT2D eigenvalue weighted by atomic mass is 19.1. The topological polar surface area (TPSA) is 61.5 Å². The third kappa shape index (κ3) is 3.51. The molecule has 0 aromatic heterocycles. The van der Waals surface area contributed by atoms with E-state index in [1.165, 1.54) is 24.3 Å². The summed E-state index contributed by atoms with van der Waals surface area (Å²) in [6.45, 7) is 1.97. The number of halogens is 1. The number of benzene rings is 1. The van der Waals surface area contributed by atoms with Gasteiger partial charge in [-0.3, -0.25) is 0 Å². The smallest absolute Gasteiger partial charge is 0.348 e. The van der Waals surface area contributed by atoms with Crippen LogP contribution < -0.4 is 10.5 Å². The molecule has 0 aliphatic carbocycles. The number of nitrogens with two attached hydrogens (primary N) is 1. The van der Waals surface area contributed by atoms with Gasteiger partial charge in [-0.2, -0.15) is 0 Å². The second-order valence-electron chi connectivity index (χ2n) is 3.05. The van der Waals surface area contributed by atoms with E-state index >= 15 is 0 Å². The molecule has 0 fully saturated rings. The Morgan fingerprint density at radius 2 is 2.06 bits per heavy atom. The van der Waals surface area contributed by atoms with Gasteiger partial charge in [0.15, 0.2) is 0 Å². The van der Waals surface area contributed by atoms with Gasteiger partial charge in [0.2, 0.25) is 6.10 Å². The highest BCUT2D eigenvalue weighted by Crippen LogP contribution is 2.13. The number of hydrogen-bond acceptors (Lipinski definition) is 4. The van der Waals surface area contributed by atoms with Crippen LogP contribution in [0.2, 0.25) is 0 Å². The molecule has 0 amide bonds. The fourth-order valence-corrected chi connectivity index (χ4v) is 1.11. The van der Waals surface area contributed by atoms with Gasteiger partial charge in [0.1, 0.15) is 11.6 Å². The van der Waals surface area contributed by atoms with Crippen molar-refractivity contribution in [2.24, 2.45) is 5.73 Å². The van der Waals surface area contributed by atoms with Crippen LogP contribution in [0.4, 0.5) is 4.39 Å². The van der Waals surface area contributed by atoms with Crippen LogP contribution in [-0.2, 0) is 9.53 Å². The Balaban J connectivity index is 2.62. The molecule has 0 spiro atoms. The summed E-state index contributed by atoms with van der Waals surface area (Å²) in [5, 5.41) is 0. The zero-order chi connectivity index (χ0) is 12.0. The second-order valence-corrected chi connectivity index (χ2v) is 3.05. The fraction of sp³-hybridized carbons (Fsp3) is 0.364. The van der Waals surface area contributed by atoms with Crippen LogP contribution in [0, 0.1) is 5.82 Å². The lowest BCUT2D eigenvalue weighted by Gasteiger charge is -2.15. The first-order chi connectivity index (χ1) is 7.67. The minimum Gasteiger partial charge on any atom is -0.477 e. The Morgan fingerprint density at radius 3 is 2.56 bits per heavy atom. The van der Waals surface area contributed by atoms with Gasteiger partial charge < -0.3 is 15.2 Å². The van der Waals surface area contributed by atoms with Crippen molar-refractivity contribution in [3.05, 3.63) is 30.1 Å². The minimum absolute atomic E-state index is 0.0101. The molecule has 1 atom stereocenters. The molecule has 5 heteroatoms. The minimum atomic E-state index is -0.856. The van der Waals surface area contributed by atoms with Crippen LogP contribution in [0.1, 0.15) is 6.92 Å². The maximum atomic E-state index is 12.6. The van der Waals surface area contributed by atoms with Gasteiger partial charge >= 0.3 is 5.97 Å². The summed E-state index contributed by atoms with van der Waals surface area (Å²) in [7, 11) is 0. The molecule has 1 aromatic carbocycles. The van der Waals surface area contributed by atoms with Crippen LogP contribution in [0.25, 0.3) is 0 Å². The lowest BCUT2D eigenvalue weighted by atomic mass is 10.3. The average Bonchev–Trinajstić information content (AvgIpc) is 2.28. The van der Waals surface area contributed by atoms with Gasteiger partial charge in [0.25, 0.3) is 0 Å². The molecule has 0 radical (unpaired) electrons. The fourth-order valence-electron chi connectivity index (χ4n) is 1.11. The van der Waals surface area contributed by atoms with Crippen molar-refractivity contribution in [3.63, 3.8) is 0 Å². The highest BCUT2D eigenvalue weighted by Gasteiger charge is 2.19. The van der Waals surface area contributed by atoms with Crippen LogP contribution in [0.3, 0.4) is 0 Å². The van der Waals surface area contributed by atoms with Gasteiger partial charge in [-0.05, 0) is 31.2 Å². The maximum Gasteiger partial charge on any atom is 0.348 e. The summed E-state index contributed by atoms with van der Waals surface area (Å²) in [6.07, 6.45) is -0.856. The van der Waals surface area contributed by atoms with Gasteiger partial charge in [-0.15, -0.1) is 0 Å². The normalized spacial score (nSPS) is 11.9. The number of carbonyl (C=O) groups excluding carboxylic acids is 1. The zero-order valence-corrected chi connectivity index (χ0v) is 8.98. The van der Waals surface area contributed by atoms with E-state index in [2.05, 4.69) is 0 Å². The number of esters is 1. The summed E-state index contributed by atoms with van der Waals surface area (Å²) in [6, 6.07) is 5.34. The second kappa shape index (κ2) is 6.07. The largest absolute Gasteiger partial charge is 0.477 e. The van der Waals surface area contributed by atoms with Gasteiger partial charge in [0.05, 0.1) is 6.61 Å². The highest BCUT2D eigenvalue weighted by molar-refractivity contribution is 5.75. The summed E-state index contributed by atoms with van der Waals surface area (Å²) in [5.74, 6) is -0.507. The van der Waals surface area contributed by atoms with Crippen molar-refractivity contribution >= 4 is 5.97 Å². The Bertz CT molecular complexity index is 340. The van der Waals surface area contributed by atoms with Crippen molar-refractivity contribution in [3.8, 4) is 5.75 Å². The van der Waals surface area contributed by atoms with Crippen molar-refractivity contribution in [2.75, 3.05) is 13.2 Å². The monoisotopic (exact) mass is 227 g/mol. The first kappa shape index (κ1) is 12.4. The van der Waals surface area contributed by atoms with E-state index in [1.807, 2.05) is 0 Å². The molecule has 0 saturated heterocycles. The lowest BCUT2D eigenvalue weighted by Crippen LogP contribution is -2.36. The zero-order valence-electron chi connectivity index (χ0n) is 8.98. The van der Waals surface area contributed by atoms with Crippen LogP contribution in [0.15, 0.2) is 24.3 Å². The molecule has 0 aliphatic heterocycles. The molecule has 0 bridgehead atoms. The molecule has 0 heterocycles. The van der Waals surface area contributed by atoms with E-state index < -0.39 is 12.1 Å². The summed E-state index contributed by atoms with van der Waals surface area (Å²) in [4.78, 5) is 11.3. The van der Waals surface area contributed by atoms with Crippen molar-refractivity contribution in [2.45, 2.75) is 13.0 Å². The number of ether oxygens (including phenoxy) is 2. The van der Waals surface area contributed by atoms with Gasteiger partial charge in [-0.25, -0.2) is 9.18 Å². The molecule has 0 aliphatic rings. The van der Waals surface area contributed by atoms with E-state index in [0.717, 1.165) is 0 Å². The quantitative estimate of drug-likeness (QED) is 0.765. The molecule has 4 nitrogen and oxygen atoms in total. The van der Waals surface area contributed by atoms with Crippen LogP contribution >= 0.6 is 0 Å². The van der Waals surface area contributed by atoms with E-state index in [4.69, 9.17) is 15.2 Å². The van der Waals surface area contributed by atoms with E-state index in [-0.39, 0.29) is 19.0 Å². The molecule has 88 valence electrons. The molecule has 0 saturated carbocycles. The average molecular weight is 227 g/mol. The summed E-state index contributed by atoms with van der Waals surface area (Å²) in [5.41, 5.74) is 5.38. The molecular formula is C11H14FNO3. The Kier molecular flexibility index (Phi) is 4.72. The first-order valence-corrected chi connectivity index (χ1v) is 4.96. The first-order valence-electron chi connectivity index (χ1n) is 4.96. The summed E-state index contributed by atoms with van der Waals surface area (Å²) >= 11 is 0. The number of carbonyl (C=O) groups is 1. The molecular weight excluding hydrogens is 213 g/mol. The predicted molar refractivity (Wildman–Crippen MR) is 56.5 cm³/mol. The Hall–Kier alpha value is -1.62. The standard InChI is InChI=1S/C11H14FNO3/c1-2-15-11(14)10(7-13)16-9-5-3-8(12)4-6-9/h3-6,10H,2,7,13H2,1H3. The molecule has 1 aromatic rings. The third-order valence-electron chi connectivity index (χ3n) is 1.86. The van der Waals surface area contributed by atoms with E-state index in [0.29, 0.717) is 5.75 Å². The molecule has 1 rings (SSSR count). The van der Waals surface area contributed by atoms with Crippen LogP contribution in [-0.4, -0.2) is 25.2 Å². The van der Waals surface area contributed by atoms with Gasteiger partial charge in [0, 0.05) is 6.54 Å². The lowest BCUT2D eigenvalue weighted by molar-refractivity contribution is -0.150. The number of hydrogen-bond donors (Lipinski definition) is 1. The Labute approximate surface area is 93.2 Å². The van der Waals surface area contributed by atoms with E-state index in [9.17, 15) is 9.18 Å². The molecule has 16 heavy (non-hydrogen) atoms. The predicted octanol–water partition coefficient (Wildman–Crippen LogP) is 1.09. The van der Waals surface area contributed by atoms with Gasteiger partial charge in [-0.1, -0.05) is 0 Å². The molecule has 1 unspecified atom stereocenters. The maximum absolute atomic E-state index is 12.6. The SMILES string of the molecule is CCOC(=O)C(CN)Oc1ccc(F)cc1.